The first-order valence-electron chi connectivity index (χ1n) is 5.42. The maximum absolute atomic E-state index is 11.5. The molecule has 92 valence electrons. The van der Waals surface area contributed by atoms with Crippen LogP contribution in [-0.2, 0) is 14.3 Å². The second-order valence-electron chi connectivity index (χ2n) is 3.87. The Morgan fingerprint density at radius 3 is 2.88 bits per heavy atom. The average molecular weight is 230 g/mol. The van der Waals surface area contributed by atoms with Crippen LogP contribution in [0.3, 0.4) is 0 Å². The van der Waals surface area contributed by atoms with Crippen LogP contribution < -0.4 is 5.32 Å². The van der Waals surface area contributed by atoms with E-state index < -0.39 is 12.0 Å². The molecule has 0 radical (unpaired) electrons. The first kappa shape index (κ1) is 12.9. The van der Waals surface area contributed by atoms with Gasteiger partial charge in [0.15, 0.2) is 0 Å². The molecule has 6 heteroatoms. The van der Waals surface area contributed by atoms with Gasteiger partial charge in [-0.25, -0.2) is 0 Å². The Morgan fingerprint density at radius 2 is 2.19 bits per heavy atom. The molecular formula is C10H18N2O4. The second-order valence-corrected chi connectivity index (χ2v) is 3.87. The average Bonchev–Trinajstić information content (AvgIpc) is 2.45. The van der Waals surface area contributed by atoms with Crippen molar-refractivity contribution in [2.24, 2.45) is 0 Å². The van der Waals surface area contributed by atoms with Crippen molar-refractivity contribution in [1.29, 1.82) is 0 Å². The van der Waals surface area contributed by atoms with Crippen LogP contribution in [0.25, 0.3) is 0 Å². The predicted octanol–water partition coefficient (Wildman–Crippen LogP) is -0.702. The SMILES string of the molecule is C[C@H](NC(=O)CN1CCCOCC1)C(=O)O. The summed E-state index contributed by atoms with van der Waals surface area (Å²) in [6, 6.07) is -0.837. The maximum atomic E-state index is 11.5. The van der Waals surface area contributed by atoms with E-state index in [-0.39, 0.29) is 12.5 Å². The number of carbonyl (C=O) groups is 2. The van der Waals surface area contributed by atoms with Gasteiger partial charge in [0.25, 0.3) is 0 Å². The van der Waals surface area contributed by atoms with E-state index in [1.54, 1.807) is 0 Å². The van der Waals surface area contributed by atoms with Crippen LogP contribution in [0, 0.1) is 0 Å². The van der Waals surface area contributed by atoms with Crippen molar-refractivity contribution in [3.05, 3.63) is 0 Å². The third-order valence-electron chi connectivity index (χ3n) is 2.43. The van der Waals surface area contributed by atoms with Crippen molar-refractivity contribution in [3.8, 4) is 0 Å². The lowest BCUT2D eigenvalue weighted by molar-refractivity contribution is -0.141. The second kappa shape index (κ2) is 6.44. The number of aliphatic carboxylic acids is 1. The molecule has 0 aliphatic carbocycles. The van der Waals surface area contributed by atoms with E-state index in [1.165, 1.54) is 6.92 Å². The van der Waals surface area contributed by atoms with Gasteiger partial charge in [-0.1, -0.05) is 0 Å². The molecule has 1 aliphatic heterocycles. The molecule has 1 heterocycles. The molecule has 1 saturated heterocycles. The molecule has 16 heavy (non-hydrogen) atoms. The molecule has 1 aliphatic rings. The quantitative estimate of drug-likeness (QED) is 0.667. The molecule has 0 aromatic heterocycles. The van der Waals surface area contributed by atoms with Crippen LogP contribution in [0.2, 0.25) is 0 Å². The summed E-state index contributed by atoms with van der Waals surface area (Å²) < 4.78 is 5.26. The minimum absolute atomic E-state index is 0.237. The zero-order valence-corrected chi connectivity index (χ0v) is 9.44. The topological polar surface area (TPSA) is 78.9 Å². The van der Waals surface area contributed by atoms with E-state index in [9.17, 15) is 9.59 Å². The summed E-state index contributed by atoms with van der Waals surface area (Å²) in [6.07, 6.45) is 0.905. The van der Waals surface area contributed by atoms with Crippen molar-refractivity contribution < 1.29 is 19.4 Å². The molecule has 0 bridgehead atoms. The first-order valence-corrected chi connectivity index (χ1v) is 5.42. The number of carboxylic acid groups (broad SMARTS) is 1. The van der Waals surface area contributed by atoms with Crippen LogP contribution in [-0.4, -0.2) is 60.8 Å². The minimum Gasteiger partial charge on any atom is -0.480 e. The molecule has 2 N–H and O–H groups in total. The normalized spacial score (nSPS) is 19.8. The lowest BCUT2D eigenvalue weighted by Crippen LogP contribution is -2.44. The largest absolute Gasteiger partial charge is 0.480 e. The molecule has 6 nitrogen and oxygen atoms in total. The number of hydrogen-bond donors (Lipinski definition) is 2. The highest BCUT2D eigenvalue weighted by Crippen LogP contribution is 1.98. The number of amides is 1. The van der Waals surface area contributed by atoms with Gasteiger partial charge in [-0.3, -0.25) is 14.5 Å². The molecule has 1 rings (SSSR count). The number of carboxylic acids is 1. The van der Waals surface area contributed by atoms with Crippen LogP contribution >= 0.6 is 0 Å². The van der Waals surface area contributed by atoms with Gasteiger partial charge in [-0.2, -0.15) is 0 Å². The Balaban J connectivity index is 2.29. The van der Waals surface area contributed by atoms with Crippen LogP contribution in [0.5, 0.6) is 0 Å². The van der Waals surface area contributed by atoms with E-state index >= 15 is 0 Å². The van der Waals surface area contributed by atoms with Gasteiger partial charge in [0.1, 0.15) is 6.04 Å². The fourth-order valence-corrected chi connectivity index (χ4v) is 1.51. The number of carbonyl (C=O) groups excluding carboxylic acids is 1. The van der Waals surface area contributed by atoms with Crippen molar-refractivity contribution in [2.45, 2.75) is 19.4 Å². The molecule has 0 aromatic carbocycles. The van der Waals surface area contributed by atoms with Gasteiger partial charge in [0.05, 0.1) is 13.2 Å². The molecule has 1 fully saturated rings. The number of hydrogen-bond acceptors (Lipinski definition) is 4. The highest BCUT2D eigenvalue weighted by molar-refractivity contribution is 5.84. The van der Waals surface area contributed by atoms with E-state index in [4.69, 9.17) is 9.84 Å². The zero-order valence-electron chi connectivity index (χ0n) is 9.44. The smallest absolute Gasteiger partial charge is 0.325 e. The molecule has 0 spiro atoms. The van der Waals surface area contributed by atoms with Crippen LogP contribution in [0.4, 0.5) is 0 Å². The molecule has 0 saturated carbocycles. The number of nitrogens with one attached hydrogen (secondary N) is 1. The number of rotatable bonds is 4. The van der Waals surface area contributed by atoms with Gasteiger partial charge in [-0.15, -0.1) is 0 Å². The molecule has 0 aromatic rings. The van der Waals surface area contributed by atoms with E-state index in [1.807, 2.05) is 4.90 Å². The Hall–Kier alpha value is -1.14. The summed E-state index contributed by atoms with van der Waals surface area (Å²) >= 11 is 0. The monoisotopic (exact) mass is 230 g/mol. The third kappa shape index (κ3) is 4.59. The third-order valence-corrected chi connectivity index (χ3v) is 2.43. The van der Waals surface area contributed by atoms with Gasteiger partial charge in [-0.05, 0) is 13.3 Å². The van der Waals surface area contributed by atoms with Crippen molar-refractivity contribution in [1.82, 2.24) is 10.2 Å². The Labute approximate surface area is 94.6 Å². The molecule has 1 amide bonds. The lowest BCUT2D eigenvalue weighted by atomic mass is 10.3. The summed E-state index contributed by atoms with van der Waals surface area (Å²) in [5, 5.41) is 11.1. The molecule has 1 atom stereocenters. The highest BCUT2D eigenvalue weighted by atomic mass is 16.5. The van der Waals surface area contributed by atoms with Crippen LogP contribution in [0.1, 0.15) is 13.3 Å². The molecular weight excluding hydrogens is 212 g/mol. The Kier molecular flexibility index (Phi) is 5.21. The maximum Gasteiger partial charge on any atom is 0.325 e. The summed E-state index contributed by atoms with van der Waals surface area (Å²) in [5.74, 6) is -1.27. The first-order chi connectivity index (χ1) is 7.59. The fraction of sp³-hybridized carbons (Fsp3) is 0.800. The Morgan fingerprint density at radius 1 is 1.44 bits per heavy atom. The van der Waals surface area contributed by atoms with E-state index in [0.717, 1.165) is 26.1 Å². The summed E-state index contributed by atoms with van der Waals surface area (Å²) in [4.78, 5) is 24.0. The lowest BCUT2D eigenvalue weighted by Gasteiger charge is -2.19. The number of ether oxygens (including phenoxy) is 1. The van der Waals surface area contributed by atoms with Gasteiger partial charge < -0.3 is 15.2 Å². The summed E-state index contributed by atoms with van der Waals surface area (Å²) in [5.41, 5.74) is 0. The van der Waals surface area contributed by atoms with Crippen LogP contribution in [0.15, 0.2) is 0 Å². The van der Waals surface area contributed by atoms with Crippen molar-refractivity contribution in [2.75, 3.05) is 32.8 Å². The number of nitrogens with zero attached hydrogens (tertiary/aromatic N) is 1. The van der Waals surface area contributed by atoms with E-state index in [0.29, 0.717) is 6.61 Å². The van der Waals surface area contributed by atoms with Gasteiger partial charge in [0, 0.05) is 19.7 Å². The van der Waals surface area contributed by atoms with Gasteiger partial charge in [0.2, 0.25) is 5.91 Å². The summed E-state index contributed by atoms with van der Waals surface area (Å²) in [7, 11) is 0. The van der Waals surface area contributed by atoms with E-state index in [2.05, 4.69) is 5.32 Å². The van der Waals surface area contributed by atoms with Gasteiger partial charge >= 0.3 is 5.97 Å². The predicted molar refractivity (Wildman–Crippen MR) is 57.1 cm³/mol. The van der Waals surface area contributed by atoms with Crippen molar-refractivity contribution in [3.63, 3.8) is 0 Å². The highest BCUT2D eigenvalue weighted by Gasteiger charge is 2.17. The Bertz CT molecular complexity index is 249. The standard InChI is InChI=1S/C10H18N2O4/c1-8(10(14)15)11-9(13)7-12-3-2-5-16-6-4-12/h8H,2-7H2,1H3,(H,11,13)(H,14,15)/t8-/m0/s1. The zero-order chi connectivity index (χ0) is 12.0. The fourth-order valence-electron chi connectivity index (χ4n) is 1.51. The van der Waals surface area contributed by atoms with Crippen molar-refractivity contribution >= 4 is 11.9 Å². The summed E-state index contributed by atoms with van der Waals surface area (Å²) in [6.45, 7) is 4.57. The molecule has 0 unspecified atom stereocenters. The minimum atomic E-state index is -1.02.